The largest absolute Gasteiger partial charge is 0.377 e. The number of carbonyl (C=O) groups is 1. The number of primary amides is 1. The molecule has 2 rings (SSSR count). The molecule has 0 bridgehead atoms. The molecule has 1 aromatic rings. The van der Waals surface area contributed by atoms with Crippen LogP contribution >= 0.6 is 31.9 Å². The molecule has 1 fully saturated rings. The summed E-state index contributed by atoms with van der Waals surface area (Å²) in [5, 5.41) is 3.19. The van der Waals surface area contributed by atoms with Crippen LogP contribution in [0.25, 0.3) is 0 Å². The maximum atomic E-state index is 11.6. The van der Waals surface area contributed by atoms with E-state index >= 15 is 0 Å². The molecule has 0 aliphatic carbocycles. The van der Waals surface area contributed by atoms with Gasteiger partial charge in [0.1, 0.15) is 6.04 Å². The fraction of sp³-hybridized carbons (Fsp3) is 0.462. The predicted molar refractivity (Wildman–Crippen MR) is 80.8 cm³/mol. The van der Waals surface area contributed by atoms with Crippen molar-refractivity contribution in [3.63, 3.8) is 0 Å². The van der Waals surface area contributed by atoms with Crippen molar-refractivity contribution in [1.82, 2.24) is 5.32 Å². The van der Waals surface area contributed by atoms with Crippen LogP contribution in [0.2, 0.25) is 0 Å². The molecule has 0 radical (unpaired) electrons. The number of hydrogen-bond donors (Lipinski definition) is 2. The van der Waals surface area contributed by atoms with Crippen LogP contribution in [0, 0.1) is 0 Å². The predicted octanol–water partition coefficient (Wildman–Crippen LogP) is 2.51. The van der Waals surface area contributed by atoms with Gasteiger partial charge in [-0.25, -0.2) is 0 Å². The molecule has 4 nitrogen and oxygen atoms in total. The van der Waals surface area contributed by atoms with Crippen LogP contribution in [0.1, 0.15) is 24.4 Å². The van der Waals surface area contributed by atoms with E-state index in [9.17, 15) is 4.79 Å². The summed E-state index contributed by atoms with van der Waals surface area (Å²) in [6.07, 6.45) is 2.29. The van der Waals surface area contributed by atoms with Gasteiger partial charge in [0.25, 0.3) is 0 Å². The third-order valence-corrected chi connectivity index (χ3v) is 5.01. The van der Waals surface area contributed by atoms with E-state index in [0.717, 1.165) is 34.0 Å². The monoisotopic (exact) mass is 390 g/mol. The van der Waals surface area contributed by atoms with Gasteiger partial charge in [-0.1, -0.05) is 6.07 Å². The first-order valence-electron chi connectivity index (χ1n) is 6.17. The van der Waals surface area contributed by atoms with Gasteiger partial charge in [-0.05, 0) is 62.4 Å². The van der Waals surface area contributed by atoms with E-state index in [1.165, 1.54) is 0 Å². The van der Waals surface area contributed by atoms with Crippen LogP contribution in [-0.4, -0.2) is 25.2 Å². The second kappa shape index (κ2) is 6.83. The SMILES string of the molecule is NC(=O)C(NCC1CCCO1)c1ccc(Br)c(Br)c1. The lowest BCUT2D eigenvalue weighted by Gasteiger charge is -2.19. The lowest BCUT2D eigenvalue weighted by Crippen LogP contribution is -2.37. The highest BCUT2D eigenvalue weighted by molar-refractivity contribution is 9.13. The minimum absolute atomic E-state index is 0.181. The van der Waals surface area contributed by atoms with Crippen LogP contribution < -0.4 is 11.1 Å². The number of ether oxygens (including phenoxy) is 1. The molecule has 104 valence electrons. The molecule has 0 spiro atoms. The van der Waals surface area contributed by atoms with Gasteiger partial charge in [0.05, 0.1) is 6.10 Å². The summed E-state index contributed by atoms with van der Waals surface area (Å²) >= 11 is 6.83. The van der Waals surface area contributed by atoms with Crippen molar-refractivity contribution in [2.24, 2.45) is 5.73 Å². The standard InChI is InChI=1S/C13H16Br2N2O2/c14-10-4-3-8(6-11(10)15)12(13(16)18)17-7-9-2-1-5-19-9/h3-4,6,9,12,17H,1-2,5,7H2,(H2,16,18). The molecule has 1 aliphatic rings. The number of hydrogen-bond acceptors (Lipinski definition) is 3. The quantitative estimate of drug-likeness (QED) is 0.810. The third kappa shape index (κ3) is 4.02. The molecule has 3 N–H and O–H groups in total. The maximum absolute atomic E-state index is 11.6. The van der Waals surface area contributed by atoms with Gasteiger partial charge in [0, 0.05) is 22.1 Å². The van der Waals surface area contributed by atoms with Crippen LogP contribution in [0.3, 0.4) is 0 Å². The summed E-state index contributed by atoms with van der Waals surface area (Å²) in [7, 11) is 0. The Labute approximate surface area is 129 Å². The third-order valence-electron chi connectivity index (χ3n) is 3.14. The molecular formula is C13H16Br2N2O2. The van der Waals surface area contributed by atoms with Crippen LogP contribution in [-0.2, 0) is 9.53 Å². The number of nitrogens with two attached hydrogens (primary N) is 1. The number of halogens is 2. The van der Waals surface area contributed by atoms with E-state index in [2.05, 4.69) is 37.2 Å². The number of benzene rings is 1. The van der Waals surface area contributed by atoms with E-state index in [1.807, 2.05) is 18.2 Å². The highest BCUT2D eigenvalue weighted by Gasteiger charge is 2.22. The molecule has 19 heavy (non-hydrogen) atoms. The lowest BCUT2D eigenvalue weighted by atomic mass is 10.1. The van der Waals surface area contributed by atoms with Gasteiger partial charge in [-0.2, -0.15) is 0 Å². The zero-order valence-corrected chi connectivity index (χ0v) is 13.5. The topological polar surface area (TPSA) is 64.4 Å². The van der Waals surface area contributed by atoms with E-state index in [4.69, 9.17) is 10.5 Å². The second-order valence-corrected chi connectivity index (χ2v) is 6.26. The Morgan fingerprint density at radius 1 is 1.47 bits per heavy atom. The zero-order chi connectivity index (χ0) is 13.8. The van der Waals surface area contributed by atoms with Gasteiger partial charge in [-0.15, -0.1) is 0 Å². The lowest BCUT2D eigenvalue weighted by molar-refractivity contribution is -0.120. The average molecular weight is 392 g/mol. The molecule has 1 saturated heterocycles. The first-order chi connectivity index (χ1) is 9.08. The van der Waals surface area contributed by atoms with Crippen LogP contribution in [0.5, 0.6) is 0 Å². The van der Waals surface area contributed by atoms with Crippen molar-refractivity contribution in [1.29, 1.82) is 0 Å². The molecule has 1 amide bonds. The number of amides is 1. The van der Waals surface area contributed by atoms with Crippen molar-refractivity contribution >= 4 is 37.8 Å². The number of carbonyl (C=O) groups excluding carboxylic acids is 1. The van der Waals surface area contributed by atoms with Crippen LogP contribution in [0.4, 0.5) is 0 Å². The number of rotatable bonds is 5. The Bertz CT molecular complexity index is 462. The fourth-order valence-corrected chi connectivity index (χ4v) is 2.77. The van der Waals surface area contributed by atoms with E-state index < -0.39 is 6.04 Å². The Morgan fingerprint density at radius 2 is 2.26 bits per heavy atom. The van der Waals surface area contributed by atoms with Gasteiger partial charge in [-0.3, -0.25) is 10.1 Å². The Morgan fingerprint density at radius 3 is 2.84 bits per heavy atom. The summed E-state index contributed by atoms with van der Waals surface area (Å²) < 4.78 is 7.37. The Hall–Kier alpha value is -0.430. The van der Waals surface area contributed by atoms with Crippen molar-refractivity contribution < 1.29 is 9.53 Å². The maximum Gasteiger partial charge on any atom is 0.239 e. The minimum atomic E-state index is -0.492. The molecule has 2 atom stereocenters. The summed E-state index contributed by atoms with van der Waals surface area (Å²) in [6, 6.07) is 5.17. The normalized spacial score (nSPS) is 20.4. The summed E-state index contributed by atoms with van der Waals surface area (Å²) in [5.41, 5.74) is 6.32. The molecule has 1 aliphatic heterocycles. The number of nitrogens with one attached hydrogen (secondary N) is 1. The highest BCUT2D eigenvalue weighted by Crippen LogP contribution is 2.26. The second-order valence-electron chi connectivity index (χ2n) is 4.55. The molecule has 0 saturated carbocycles. The summed E-state index contributed by atoms with van der Waals surface area (Å²) in [5.74, 6) is -0.382. The minimum Gasteiger partial charge on any atom is -0.377 e. The molecule has 2 unspecified atom stereocenters. The van der Waals surface area contributed by atoms with E-state index in [0.29, 0.717) is 6.54 Å². The highest BCUT2D eigenvalue weighted by atomic mass is 79.9. The van der Waals surface area contributed by atoms with Crippen molar-refractivity contribution in [2.45, 2.75) is 25.0 Å². The van der Waals surface area contributed by atoms with Gasteiger partial charge >= 0.3 is 0 Å². The Kier molecular flexibility index (Phi) is 5.38. The van der Waals surface area contributed by atoms with Crippen molar-refractivity contribution in [3.05, 3.63) is 32.7 Å². The first-order valence-corrected chi connectivity index (χ1v) is 7.76. The van der Waals surface area contributed by atoms with Crippen LogP contribution in [0.15, 0.2) is 27.1 Å². The van der Waals surface area contributed by atoms with E-state index in [1.54, 1.807) is 0 Å². The fourth-order valence-electron chi connectivity index (χ4n) is 2.13. The van der Waals surface area contributed by atoms with E-state index in [-0.39, 0.29) is 12.0 Å². The molecule has 0 aromatic heterocycles. The molecule has 1 aromatic carbocycles. The average Bonchev–Trinajstić information content (AvgIpc) is 2.86. The smallest absolute Gasteiger partial charge is 0.239 e. The molecular weight excluding hydrogens is 376 g/mol. The molecule has 6 heteroatoms. The van der Waals surface area contributed by atoms with Crippen molar-refractivity contribution in [2.75, 3.05) is 13.2 Å². The first kappa shape index (κ1) is 15.0. The van der Waals surface area contributed by atoms with Gasteiger partial charge in [0.2, 0.25) is 5.91 Å². The van der Waals surface area contributed by atoms with Gasteiger partial charge in [0.15, 0.2) is 0 Å². The van der Waals surface area contributed by atoms with Gasteiger partial charge < -0.3 is 10.5 Å². The zero-order valence-electron chi connectivity index (χ0n) is 10.4. The van der Waals surface area contributed by atoms with Crippen molar-refractivity contribution in [3.8, 4) is 0 Å². The molecule has 1 heterocycles. The Balaban J connectivity index is 2.05. The summed E-state index contributed by atoms with van der Waals surface area (Å²) in [4.78, 5) is 11.6. The summed E-state index contributed by atoms with van der Waals surface area (Å²) in [6.45, 7) is 1.44.